The average Bonchev–Trinajstić information content (AvgIpc) is 2.58. The topological polar surface area (TPSA) is 4.93 Å². The van der Waals surface area contributed by atoms with Crippen LogP contribution in [0.15, 0.2) is 54.6 Å². The van der Waals surface area contributed by atoms with Gasteiger partial charge in [0.15, 0.2) is 0 Å². The average molecular weight is 219 g/mol. The molecule has 0 fully saturated rings. The predicted octanol–water partition coefficient (Wildman–Crippen LogP) is 3.73. The van der Waals surface area contributed by atoms with Crippen molar-refractivity contribution >= 4 is 10.9 Å². The number of fused-ring (bicyclic) bond motifs is 3. The molecule has 0 spiro atoms. The highest BCUT2D eigenvalue weighted by Gasteiger charge is 2.23. The summed E-state index contributed by atoms with van der Waals surface area (Å²) in [5, 5.41) is 1.43. The van der Waals surface area contributed by atoms with Crippen LogP contribution in [0, 0.1) is 0 Å². The zero-order chi connectivity index (χ0) is 11.2. The monoisotopic (exact) mass is 219 g/mol. The van der Waals surface area contributed by atoms with Crippen molar-refractivity contribution in [1.29, 1.82) is 0 Å². The van der Waals surface area contributed by atoms with Gasteiger partial charge in [-0.3, -0.25) is 0 Å². The molecule has 3 aromatic rings. The summed E-state index contributed by atoms with van der Waals surface area (Å²) in [6, 6.07) is 19.4. The minimum atomic E-state index is 1.21. The summed E-state index contributed by atoms with van der Waals surface area (Å²) >= 11 is 0. The molecule has 0 bridgehead atoms. The molecule has 82 valence electrons. The van der Waals surface area contributed by atoms with E-state index in [2.05, 4.69) is 59.2 Å². The van der Waals surface area contributed by atoms with E-state index in [1.807, 2.05) is 0 Å². The molecule has 1 heteroatoms. The first-order valence-corrected chi connectivity index (χ1v) is 6.12. The molecule has 0 saturated heterocycles. The Morgan fingerprint density at radius 3 is 2.29 bits per heavy atom. The SMILES string of the molecule is c1ccc(-n2c3c(c4ccccc42)CC3)cc1. The molecule has 1 aliphatic rings. The van der Waals surface area contributed by atoms with Crippen LogP contribution in [0.5, 0.6) is 0 Å². The molecule has 1 aliphatic carbocycles. The van der Waals surface area contributed by atoms with Gasteiger partial charge >= 0.3 is 0 Å². The summed E-state index contributed by atoms with van der Waals surface area (Å²) < 4.78 is 2.41. The first-order chi connectivity index (χ1) is 8.45. The van der Waals surface area contributed by atoms with Crippen LogP contribution in [-0.2, 0) is 12.8 Å². The van der Waals surface area contributed by atoms with Crippen LogP contribution < -0.4 is 0 Å². The molecule has 0 N–H and O–H groups in total. The molecule has 1 heterocycles. The van der Waals surface area contributed by atoms with Gasteiger partial charge in [-0.05, 0) is 36.6 Å². The van der Waals surface area contributed by atoms with Crippen molar-refractivity contribution in [2.45, 2.75) is 12.8 Å². The molecule has 0 amide bonds. The quantitative estimate of drug-likeness (QED) is 0.587. The summed E-state index contributed by atoms with van der Waals surface area (Å²) in [4.78, 5) is 0. The second-order valence-corrected chi connectivity index (χ2v) is 4.61. The number of hydrogen-bond acceptors (Lipinski definition) is 0. The molecule has 0 aliphatic heterocycles. The molecule has 0 saturated carbocycles. The minimum Gasteiger partial charge on any atom is -0.313 e. The van der Waals surface area contributed by atoms with Crippen molar-refractivity contribution in [3.8, 4) is 5.69 Å². The third-order valence-corrected chi connectivity index (χ3v) is 3.71. The fourth-order valence-corrected chi connectivity index (χ4v) is 2.84. The molecule has 4 rings (SSSR count). The van der Waals surface area contributed by atoms with Crippen molar-refractivity contribution in [3.05, 3.63) is 65.9 Å². The summed E-state index contributed by atoms with van der Waals surface area (Å²) in [6.45, 7) is 0. The number of aryl methyl sites for hydroxylation is 1. The van der Waals surface area contributed by atoms with Crippen LogP contribution in [0.3, 0.4) is 0 Å². The molecule has 0 atom stereocenters. The van der Waals surface area contributed by atoms with Gasteiger partial charge in [-0.1, -0.05) is 36.4 Å². The Morgan fingerprint density at radius 1 is 0.765 bits per heavy atom. The Labute approximate surface area is 100 Å². The summed E-state index contributed by atoms with van der Waals surface area (Å²) in [6.07, 6.45) is 2.44. The van der Waals surface area contributed by atoms with Gasteiger partial charge in [-0.25, -0.2) is 0 Å². The van der Waals surface area contributed by atoms with Crippen LogP contribution in [0.25, 0.3) is 16.6 Å². The summed E-state index contributed by atoms with van der Waals surface area (Å²) in [5.41, 5.74) is 5.67. The lowest BCUT2D eigenvalue weighted by Gasteiger charge is -2.18. The van der Waals surface area contributed by atoms with E-state index in [9.17, 15) is 0 Å². The van der Waals surface area contributed by atoms with Gasteiger partial charge in [0.05, 0.1) is 5.52 Å². The van der Waals surface area contributed by atoms with Gasteiger partial charge in [-0.2, -0.15) is 0 Å². The number of benzene rings is 2. The van der Waals surface area contributed by atoms with E-state index in [-0.39, 0.29) is 0 Å². The predicted molar refractivity (Wildman–Crippen MR) is 70.7 cm³/mol. The van der Waals surface area contributed by atoms with Gasteiger partial charge < -0.3 is 4.57 Å². The molecular formula is C16H13N. The minimum absolute atomic E-state index is 1.21. The first kappa shape index (κ1) is 9.06. The Bertz CT molecular complexity index is 692. The molecule has 0 radical (unpaired) electrons. The lowest BCUT2D eigenvalue weighted by Crippen LogP contribution is -2.11. The number of aromatic nitrogens is 1. The van der Waals surface area contributed by atoms with Crippen LogP contribution in [0.4, 0.5) is 0 Å². The Hall–Kier alpha value is -2.02. The molecule has 1 aromatic heterocycles. The van der Waals surface area contributed by atoms with Gasteiger partial charge in [0.2, 0.25) is 0 Å². The van der Waals surface area contributed by atoms with Gasteiger partial charge in [0.25, 0.3) is 0 Å². The fraction of sp³-hybridized carbons (Fsp3) is 0.125. The fourth-order valence-electron chi connectivity index (χ4n) is 2.84. The highest BCUT2D eigenvalue weighted by atomic mass is 15.0. The zero-order valence-electron chi connectivity index (χ0n) is 9.56. The number of nitrogens with zero attached hydrogens (tertiary/aromatic N) is 1. The first-order valence-electron chi connectivity index (χ1n) is 6.12. The summed E-state index contributed by atoms with van der Waals surface area (Å²) in [5.74, 6) is 0. The van der Waals surface area contributed by atoms with Crippen molar-refractivity contribution in [2.24, 2.45) is 0 Å². The largest absolute Gasteiger partial charge is 0.313 e. The van der Waals surface area contributed by atoms with Crippen LogP contribution >= 0.6 is 0 Å². The molecule has 0 unspecified atom stereocenters. The van der Waals surface area contributed by atoms with Crippen molar-refractivity contribution in [3.63, 3.8) is 0 Å². The standard InChI is InChI=1S/C16H13N/c1-2-6-12(7-3-1)17-15-9-5-4-8-13(15)14-10-11-16(14)17/h1-9H,10-11H2. The van der Waals surface area contributed by atoms with Crippen LogP contribution in [0.1, 0.15) is 11.3 Å². The highest BCUT2D eigenvalue weighted by Crippen LogP contribution is 2.36. The maximum Gasteiger partial charge on any atom is 0.0534 e. The van der Waals surface area contributed by atoms with E-state index < -0.39 is 0 Å². The molecule has 17 heavy (non-hydrogen) atoms. The van der Waals surface area contributed by atoms with E-state index >= 15 is 0 Å². The van der Waals surface area contributed by atoms with Crippen molar-refractivity contribution in [2.75, 3.05) is 0 Å². The molecule has 2 aromatic carbocycles. The van der Waals surface area contributed by atoms with Crippen LogP contribution in [-0.4, -0.2) is 4.57 Å². The van der Waals surface area contributed by atoms with Crippen LogP contribution in [0.2, 0.25) is 0 Å². The van der Waals surface area contributed by atoms with Gasteiger partial charge in [0, 0.05) is 16.8 Å². The Kier molecular flexibility index (Phi) is 1.72. The van der Waals surface area contributed by atoms with E-state index in [0.29, 0.717) is 0 Å². The van der Waals surface area contributed by atoms with E-state index in [4.69, 9.17) is 0 Å². The third kappa shape index (κ3) is 1.14. The zero-order valence-corrected chi connectivity index (χ0v) is 9.56. The molecule has 1 nitrogen and oxygen atoms in total. The normalized spacial score (nSPS) is 13.4. The smallest absolute Gasteiger partial charge is 0.0534 e. The third-order valence-electron chi connectivity index (χ3n) is 3.71. The number of rotatable bonds is 1. The second kappa shape index (κ2) is 3.24. The van der Waals surface area contributed by atoms with Gasteiger partial charge in [0.1, 0.15) is 0 Å². The highest BCUT2D eigenvalue weighted by molar-refractivity contribution is 5.88. The van der Waals surface area contributed by atoms with E-state index in [0.717, 1.165) is 0 Å². The van der Waals surface area contributed by atoms with E-state index in [1.54, 1.807) is 5.56 Å². The van der Waals surface area contributed by atoms with Crippen molar-refractivity contribution in [1.82, 2.24) is 4.57 Å². The number of hydrogen-bond donors (Lipinski definition) is 0. The number of para-hydroxylation sites is 2. The second-order valence-electron chi connectivity index (χ2n) is 4.61. The van der Waals surface area contributed by atoms with E-state index in [1.165, 1.54) is 35.1 Å². The Balaban J connectivity index is 2.12. The maximum atomic E-state index is 2.41. The molecular weight excluding hydrogens is 206 g/mol. The van der Waals surface area contributed by atoms with Crippen molar-refractivity contribution < 1.29 is 0 Å². The lowest BCUT2D eigenvalue weighted by molar-refractivity contribution is 0.781. The van der Waals surface area contributed by atoms with Gasteiger partial charge in [-0.15, -0.1) is 0 Å². The lowest BCUT2D eigenvalue weighted by atomic mass is 9.93. The maximum absolute atomic E-state index is 2.41. The Morgan fingerprint density at radius 2 is 1.53 bits per heavy atom. The summed E-state index contributed by atoms with van der Waals surface area (Å²) in [7, 11) is 0.